The number of nitrogens with zero attached hydrogens (tertiary/aromatic N) is 1. The number of hydroxylamine groups is 1. The van der Waals surface area contributed by atoms with E-state index in [4.69, 9.17) is 9.26 Å². The van der Waals surface area contributed by atoms with E-state index in [-0.39, 0.29) is 12.4 Å². The third kappa shape index (κ3) is 3.19. The van der Waals surface area contributed by atoms with E-state index in [0.717, 1.165) is 5.69 Å². The molecule has 1 heterocycles. The summed E-state index contributed by atoms with van der Waals surface area (Å²) in [6.45, 7) is 6.31. The number of anilines is 1. The van der Waals surface area contributed by atoms with Gasteiger partial charge in [-0.15, -0.1) is 0 Å². The van der Waals surface area contributed by atoms with Gasteiger partial charge in [-0.05, 0) is 37.8 Å². The van der Waals surface area contributed by atoms with Crippen LogP contribution in [0.15, 0.2) is 42.2 Å². The Morgan fingerprint density at radius 1 is 1.28 bits per heavy atom. The molecule has 0 amide bonds. The van der Waals surface area contributed by atoms with Crippen LogP contribution in [0.25, 0.3) is 0 Å². The molecule has 0 bridgehead atoms. The molecule has 98 valence electrons. The number of hydrogen-bond acceptors (Lipinski definition) is 3. The predicted octanol–water partition coefficient (Wildman–Crippen LogP) is 3.47. The van der Waals surface area contributed by atoms with Crippen molar-refractivity contribution >= 4 is 14.0 Å². The van der Waals surface area contributed by atoms with Crippen LogP contribution in [0.2, 0.25) is 19.6 Å². The maximum absolute atomic E-state index is 14.0. The fourth-order valence-electron chi connectivity index (χ4n) is 1.70. The van der Waals surface area contributed by atoms with Crippen LogP contribution in [-0.2, 0) is 9.26 Å². The molecular formula is C13H18FNO2Si. The number of halogens is 1. The monoisotopic (exact) mass is 267 g/mol. The average Bonchev–Trinajstić information content (AvgIpc) is 2.31. The summed E-state index contributed by atoms with van der Waals surface area (Å²) in [7, 11) is -1.86. The summed E-state index contributed by atoms with van der Waals surface area (Å²) >= 11 is 0. The second kappa shape index (κ2) is 5.22. The van der Waals surface area contributed by atoms with Gasteiger partial charge in [-0.25, -0.2) is 9.45 Å². The molecule has 18 heavy (non-hydrogen) atoms. The second-order valence-corrected chi connectivity index (χ2v) is 9.59. The third-order valence-corrected chi connectivity index (χ3v) is 3.35. The van der Waals surface area contributed by atoms with Crippen LogP contribution < -0.4 is 5.06 Å². The fourth-order valence-corrected chi connectivity index (χ4v) is 2.58. The zero-order valence-corrected chi connectivity index (χ0v) is 11.9. The molecule has 1 atom stereocenters. The van der Waals surface area contributed by atoms with E-state index in [1.807, 2.05) is 50.0 Å². The molecule has 5 heteroatoms. The Morgan fingerprint density at radius 2 is 1.94 bits per heavy atom. The largest absolute Gasteiger partial charge is 0.391 e. The lowest BCUT2D eigenvalue weighted by molar-refractivity contribution is 0.0208. The van der Waals surface area contributed by atoms with Gasteiger partial charge in [0, 0.05) is 0 Å². The summed E-state index contributed by atoms with van der Waals surface area (Å²) in [6.07, 6.45) is 0.650. The van der Waals surface area contributed by atoms with Gasteiger partial charge >= 0.3 is 0 Å². The van der Waals surface area contributed by atoms with Crippen molar-refractivity contribution < 1.29 is 13.7 Å². The normalized spacial score (nSPS) is 20.8. The van der Waals surface area contributed by atoms with Crippen molar-refractivity contribution in [3.8, 4) is 0 Å². The Morgan fingerprint density at radius 3 is 2.56 bits per heavy atom. The van der Waals surface area contributed by atoms with Gasteiger partial charge in [0.1, 0.15) is 5.83 Å². The first-order chi connectivity index (χ1) is 8.47. The van der Waals surface area contributed by atoms with Crippen LogP contribution in [0.5, 0.6) is 0 Å². The minimum Gasteiger partial charge on any atom is -0.391 e. The van der Waals surface area contributed by atoms with E-state index < -0.39 is 14.5 Å². The van der Waals surface area contributed by atoms with Crippen molar-refractivity contribution in [3.05, 3.63) is 42.2 Å². The van der Waals surface area contributed by atoms with Crippen LogP contribution >= 0.6 is 0 Å². The van der Waals surface area contributed by atoms with E-state index in [2.05, 4.69) is 0 Å². The zero-order chi connectivity index (χ0) is 13.2. The quantitative estimate of drug-likeness (QED) is 0.783. The van der Waals surface area contributed by atoms with Crippen LogP contribution in [-0.4, -0.2) is 21.2 Å². The first-order valence-electron chi connectivity index (χ1n) is 5.98. The first kappa shape index (κ1) is 13.3. The van der Waals surface area contributed by atoms with Crippen LogP contribution in [0.3, 0.4) is 0 Å². The fraction of sp³-hybridized carbons (Fsp3) is 0.385. The number of para-hydroxylation sites is 1. The molecule has 0 spiro atoms. The number of hydrogen-bond donors (Lipinski definition) is 0. The minimum atomic E-state index is -1.86. The smallest absolute Gasteiger partial charge is 0.197 e. The Kier molecular flexibility index (Phi) is 3.84. The van der Waals surface area contributed by atoms with E-state index in [9.17, 15) is 4.39 Å². The zero-order valence-electron chi connectivity index (χ0n) is 10.9. The standard InChI is InChI=1S/C13H18FNO2Si/c1-18(2,3)17-13-12(14)9-10-16-15(13)11-7-5-4-6-8-11/h4-9,13H,10H2,1-3H3. The van der Waals surface area contributed by atoms with Gasteiger partial charge in [-0.1, -0.05) is 18.2 Å². The van der Waals surface area contributed by atoms with Gasteiger partial charge in [0.05, 0.1) is 12.3 Å². The second-order valence-electron chi connectivity index (χ2n) is 5.13. The maximum atomic E-state index is 14.0. The van der Waals surface area contributed by atoms with Crippen LogP contribution in [0.1, 0.15) is 0 Å². The molecule has 1 unspecified atom stereocenters. The van der Waals surface area contributed by atoms with Crippen molar-refractivity contribution in [1.82, 2.24) is 0 Å². The van der Waals surface area contributed by atoms with Crippen LogP contribution in [0.4, 0.5) is 10.1 Å². The highest BCUT2D eigenvalue weighted by Gasteiger charge is 2.32. The molecule has 0 N–H and O–H groups in total. The molecule has 0 saturated heterocycles. The average molecular weight is 267 g/mol. The summed E-state index contributed by atoms with van der Waals surface area (Å²) in [5, 5.41) is 1.51. The van der Waals surface area contributed by atoms with Crippen molar-refractivity contribution in [3.63, 3.8) is 0 Å². The molecule has 1 aliphatic heterocycles. The summed E-state index contributed by atoms with van der Waals surface area (Å²) < 4.78 is 19.8. The summed E-state index contributed by atoms with van der Waals surface area (Å²) in [6, 6.07) is 9.44. The number of benzene rings is 1. The Labute approximate surface area is 108 Å². The summed E-state index contributed by atoms with van der Waals surface area (Å²) in [5.41, 5.74) is 0.795. The van der Waals surface area contributed by atoms with E-state index in [1.165, 1.54) is 11.1 Å². The first-order valence-corrected chi connectivity index (χ1v) is 9.39. The molecule has 3 nitrogen and oxygen atoms in total. The lowest BCUT2D eigenvalue weighted by Crippen LogP contribution is -2.46. The Bertz CT molecular complexity index is 430. The SMILES string of the molecule is C[Si](C)(C)OC1C(F)=CCON1c1ccccc1. The van der Waals surface area contributed by atoms with Gasteiger partial charge in [0.15, 0.2) is 14.5 Å². The molecule has 1 aliphatic rings. The molecular weight excluding hydrogens is 249 g/mol. The van der Waals surface area contributed by atoms with Gasteiger partial charge in [-0.3, -0.25) is 4.84 Å². The molecule has 2 rings (SSSR count). The summed E-state index contributed by atoms with van der Waals surface area (Å²) in [4.78, 5) is 5.51. The molecule has 0 saturated carbocycles. The molecule has 1 aromatic rings. The minimum absolute atomic E-state index is 0.228. The topological polar surface area (TPSA) is 21.7 Å². The van der Waals surface area contributed by atoms with E-state index >= 15 is 0 Å². The maximum Gasteiger partial charge on any atom is 0.197 e. The van der Waals surface area contributed by atoms with E-state index in [0.29, 0.717) is 0 Å². The van der Waals surface area contributed by atoms with Crippen molar-refractivity contribution in [2.75, 3.05) is 11.7 Å². The van der Waals surface area contributed by atoms with Crippen molar-refractivity contribution in [2.45, 2.75) is 25.9 Å². The molecule has 0 aliphatic carbocycles. The predicted molar refractivity (Wildman–Crippen MR) is 72.3 cm³/mol. The molecule has 0 fully saturated rings. The summed E-state index contributed by atoms with van der Waals surface area (Å²) in [5.74, 6) is -0.285. The molecule has 0 aromatic heterocycles. The Balaban J connectivity index is 2.25. The molecule has 0 radical (unpaired) electrons. The highest BCUT2D eigenvalue weighted by molar-refractivity contribution is 6.69. The van der Waals surface area contributed by atoms with Gasteiger partial charge in [-0.2, -0.15) is 0 Å². The molecule has 1 aromatic carbocycles. The van der Waals surface area contributed by atoms with Gasteiger partial charge in [0.25, 0.3) is 0 Å². The third-order valence-electron chi connectivity index (χ3n) is 2.42. The van der Waals surface area contributed by atoms with Crippen molar-refractivity contribution in [1.29, 1.82) is 0 Å². The highest BCUT2D eigenvalue weighted by atomic mass is 28.4. The van der Waals surface area contributed by atoms with Gasteiger partial charge in [0.2, 0.25) is 0 Å². The van der Waals surface area contributed by atoms with Gasteiger partial charge < -0.3 is 4.43 Å². The number of rotatable bonds is 3. The Hall–Kier alpha value is -1.17. The lowest BCUT2D eigenvalue weighted by Gasteiger charge is -2.37. The lowest BCUT2D eigenvalue weighted by atomic mass is 10.3. The highest BCUT2D eigenvalue weighted by Crippen LogP contribution is 2.28. The van der Waals surface area contributed by atoms with E-state index in [1.54, 1.807) is 0 Å². The van der Waals surface area contributed by atoms with Crippen LogP contribution in [0, 0.1) is 0 Å². The van der Waals surface area contributed by atoms with Crippen molar-refractivity contribution in [2.24, 2.45) is 0 Å².